The first-order valence-corrected chi connectivity index (χ1v) is 10.4. The topological polar surface area (TPSA) is 66.8 Å². The number of aromatic nitrogens is 4. The summed E-state index contributed by atoms with van der Waals surface area (Å²) in [5.41, 5.74) is 1.44. The molecule has 1 fully saturated rings. The van der Waals surface area contributed by atoms with E-state index in [1.165, 1.54) is 6.07 Å². The van der Waals surface area contributed by atoms with Gasteiger partial charge < -0.3 is 9.88 Å². The largest absolute Gasteiger partial charge is 0.417 e. The summed E-state index contributed by atoms with van der Waals surface area (Å²) < 4.78 is 41.4. The van der Waals surface area contributed by atoms with Crippen LogP contribution in [0, 0.1) is 0 Å². The van der Waals surface area contributed by atoms with Gasteiger partial charge in [-0.05, 0) is 36.8 Å². The molecule has 0 aliphatic carbocycles. The highest BCUT2D eigenvalue weighted by atomic mass is 35.5. The zero-order valence-corrected chi connectivity index (χ0v) is 17.9. The standard InChI is InChI=1S/C23H17ClF3N5O/c1-13-9-20(21-29-17-10-15(23(25,26)27)16(24)11-18(17)30-21)31(12-13)22(33)14-5-2-3-6-19(14)32-8-4-7-28-32/h2-8,10-11,20H,1,9,12H2,(H,29,30)/t20-/m0/s1. The zero-order chi connectivity index (χ0) is 23.3. The molecular weight excluding hydrogens is 455 g/mol. The molecule has 1 N–H and O–H groups in total. The van der Waals surface area contributed by atoms with Crippen LogP contribution in [0.15, 0.2) is 67.0 Å². The Morgan fingerprint density at radius 1 is 1.21 bits per heavy atom. The monoisotopic (exact) mass is 471 g/mol. The Morgan fingerprint density at radius 2 is 2.00 bits per heavy atom. The van der Waals surface area contributed by atoms with Gasteiger partial charge in [0.05, 0.1) is 38.9 Å². The number of imidazole rings is 1. The summed E-state index contributed by atoms with van der Waals surface area (Å²) in [7, 11) is 0. The van der Waals surface area contributed by atoms with Gasteiger partial charge in [-0.2, -0.15) is 18.3 Å². The third-order valence-corrected chi connectivity index (χ3v) is 5.92. The molecule has 1 saturated heterocycles. The number of halogens is 4. The first kappa shape index (κ1) is 21.3. The number of benzene rings is 2. The van der Waals surface area contributed by atoms with Gasteiger partial charge in [-0.3, -0.25) is 4.79 Å². The molecular formula is C23H17ClF3N5O. The predicted octanol–water partition coefficient (Wildman–Crippen LogP) is 5.56. The molecule has 0 spiro atoms. The van der Waals surface area contributed by atoms with E-state index in [9.17, 15) is 18.0 Å². The van der Waals surface area contributed by atoms with Crippen molar-refractivity contribution in [2.24, 2.45) is 0 Å². The molecule has 33 heavy (non-hydrogen) atoms. The molecule has 10 heteroatoms. The summed E-state index contributed by atoms with van der Waals surface area (Å²) >= 11 is 5.84. The molecule has 2 aromatic carbocycles. The number of nitrogens with one attached hydrogen (secondary N) is 1. The van der Waals surface area contributed by atoms with Gasteiger partial charge in [0.25, 0.3) is 5.91 Å². The second-order valence-electron chi connectivity index (χ2n) is 7.84. The molecule has 6 nitrogen and oxygen atoms in total. The second-order valence-corrected chi connectivity index (χ2v) is 8.25. The van der Waals surface area contributed by atoms with Crippen molar-refractivity contribution in [2.75, 3.05) is 6.54 Å². The van der Waals surface area contributed by atoms with Crippen molar-refractivity contribution >= 4 is 28.5 Å². The average Bonchev–Trinajstić information content (AvgIpc) is 3.51. The van der Waals surface area contributed by atoms with E-state index >= 15 is 0 Å². The van der Waals surface area contributed by atoms with Crippen molar-refractivity contribution in [1.29, 1.82) is 0 Å². The van der Waals surface area contributed by atoms with E-state index < -0.39 is 22.8 Å². The first-order valence-electron chi connectivity index (χ1n) is 10.1. The number of amides is 1. The molecule has 2 aromatic heterocycles. The maximum Gasteiger partial charge on any atom is 0.417 e. The molecule has 5 rings (SSSR count). The Balaban J connectivity index is 1.54. The van der Waals surface area contributed by atoms with E-state index in [-0.39, 0.29) is 11.4 Å². The highest BCUT2D eigenvalue weighted by Crippen LogP contribution is 2.39. The lowest BCUT2D eigenvalue weighted by Crippen LogP contribution is -2.32. The number of fused-ring (bicyclic) bond motifs is 1. The summed E-state index contributed by atoms with van der Waals surface area (Å²) in [6.45, 7) is 4.33. The molecule has 1 aliphatic heterocycles. The summed E-state index contributed by atoms with van der Waals surface area (Å²) in [6.07, 6.45) is -0.782. The van der Waals surface area contributed by atoms with E-state index in [1.54, 1.807) is 46.2 Å². The molecule has 0 radical (unpaired) electrons. The number of likely N-dealkylation sites (tertiary alicyclic amines) is 1. The van der Waals surface area contributed by atoms with E-state index in [2.05, 4.69) is 21.6 Å². The lowest BCUT2D eigenvalue weighted by atomic mass is 10.1. The molecule has 1 amide bonds. The van der Waals surface area contributed by atoms with Crippen molar-refractivity contribution in [2.45, 2.75) is 18.6 Å². The Morgan fingerprint density at radius 3 is 2.73 bits per heavy atom. The van der Waals surface area contributed by atoms with Crippen LogP contribution in [0.25, 0.3) is 16.7 Å². The van der Waals surface area contributed by atoms with E-state index in [1.807, 2.05) is 6.07 Å². The first-order chi connectivity index (χ1) is 15.7. The van der Waals surface area contributed by atoms with Crippen LogP contribution in [0.4, 0.5) is 13.2 Å². The fourth-order valence-corrected chi connectivity index (χ4v) is 4.37. The van der Waals surface area contributed by atoms with Gasteiger partial charge in [-0.25, -0.2) is 9.67 Å². The Bertz CT molecular complexity index is 1380. The number of nitrogens with zero attached hydrogens (tertiary/aromatic N) is 4. The van der Waals surface area contributed by atoms with E-state index in [4.69, 9.17) is 11.6 Å². The highest BCUT2D eigenvalue weighted by Gasteiger charge is 2.37. The SMILES string of the molecule is C=C1C[C@@H](c2nc3cc(Cl)c(C(F)(F)F)cc3[nH]2)N(C(=O)c2ccccc2-n2cccn2)C1. The number of hydrogen-bond acceptors (Lipinski definition) is 3. The zero-order valence-electron chi connectivity index (χ0n) is 17.1. The van der Waals surface area contributed by atoms with Gasteiger partial charge in [0.2, 0.25) is 0 Å². The van der Waals surface area contributed by atoms with Crippen LogP contribution in [-0.2, 0) is 6.18 Å². The fraction of sp³-hybridized carbons (Fsp3) is 0.174. The van der Waals surface area contributed by atoms with Crippen LogP contribution in [0.3, 0.4) is 0 Å². The van der Waals surface area contributed by atoms with Crippen LogP contribution in [0.5, 0.6) is 0 Å². The maximum absolute atomic E-state index is 13.6. The lowest BCUT2D eigenvalue weighted by molar-refractivity contribution is -0.137. The van der Waals surface area contributed by atoms with Crippen LogP contribution in [0.1, 0.15) is 34.2 Å². The molecule has 3 heterocycles. The number of alkyl halides is 3. The number of hydrogen-bond donors (Lipinski definition) is 1. The fourth-order valence-electron chi connectivity index (χ4n) is 4.10. The summed E-state index contributed by atoms with van der Waals surface area (Å²) in [4.78, 5) is 22.6. The minimum atomic E-state index is -4.59. The third-order valence-electron chi connectivity index (χ3n) is 5.61. The van der Waals surface area contributed by atoms with Crippen LogP contribution in [0.2, 0.25) is 5.02 Å². The minimum Gasteiger partial charge on any atom is -0.340 e. The normalized spacial score (nSPS) is 16.7. The lowest BCUT2D eigenvalue weighted by Gasteiger charge is -2.24. The maximum atomic E-state index is 13.6. The molecule has 4 aromatic rings. The Kier molecular flexibility index (Phi) is 5.01. The average molecular weight is 472 g/mol. The molecule has 1 atom stereocenters. The Labute approximate surface area is 191 Å². The van der Waals surface area contributed by atoms with Gasteiger partial charge in [0, 0.05) is 18.9 Å². The predicted molar refractivity (Wildman–Crippen MR) is 117 cm³/mol. The van der Waals surface area contributed by atoms with E-state index in [0.29, 0.717) is 35.6 Å². The summed E-state index contributed by atoms with van der Waals surface area (Å²) in [5.74, 6) is 0.128. The molecule has 0 saturated carbocycles. The molecule has 168 valence electrons. The van der Waals surface area contributed by atoms with Crippen molar-refractivity contribution in [3.63, 3.8) is 0 Å². The Hall–Kier alpha value is -3.59. The van der Waals surface area contributed by atoms with Crippen molar-refractivity contribution in [1.82, 2.24) is 24.6 Å². The number of carbonyl (C=O) groups excluding carboxylic acids is 1. The van der Waals surface area contributed by atoms with Crippen molar-refractivity contribution < 1.29 is 18.0 Å². The van der Waals surface area contributed by atoms with Gasteiger partial charge in [0.1, 0.15) is 5.82 Å². The smallest absolute Gasteiger partial charge is 0.340 e. The number of H-pyrrole nitrogens is 1. The summed E-state index contributed by atoms with van der Waals surface area (Å²) in [5, 5.41) is 3.79. The summed E-state index contributed by atoms with van der Waals surface area (Å²) in [6, 6.07) is 10.5. The number of aromatic amines is 1. The highest BCUT2D eigenvalue weighted by molar-refractivity contribution is 6.32. The van der Waals surface area contributed by atoms with Crippen molar-refractivity contribution in [3.05, 3.63) is 89.0 Å². The van der Waals surface area contributed by atoms with Gasteiger partial charge in [-0.15, -0.1) is 0 Å². The number of rotatable bonds is 3. The molecule has 1 aliphatic rings. The van der Waals surface area contributed by atoms with E-state index in [0.717, 1.165) is 11.6 Å². The minimum absolute atomic E-state index is 0.198. The van der Waals surface area contributed by atoms with Crippen molar-refractivity contribution in [3.8, 4) is 5.69 Å². The number of para-hydroxylation sites is 1. The quantitative estimate of drug-likeness (QED) is 0.397. The van der Waals surface area contributed by atoms with Crippen LogP contribution in [-0.4, -0.2) is 37.1 Å². The number of carbonyl (C=O) groups is 1. The molecule has 0 unspecified atom stereocenters. The van der Waals surface area contributed by atoms with Gasteiger partial charge >= 0.3 is 6.18 Å². The second kappa shape index (κ2) is 7.77. The van der Waals surface area contributed by atoms with Crippen LogP contribution >= 0.6 is 11.6 Å². The van der Waals surface area contributed by atoms with Crippen LogP contribution < -0.4 is 0 Å². The third kappa shape index (κ3) is 3.78. The van der Waals surface area contributed by atoms with Gasteiger partial charge in [-0.1, -0.05) is 35.9 Å². The van der Waals surface area contributed by atoms with Gasteiger partial charge in [0.15, 0.2) is 0 Å². The molecule has 0 bridgehead atoms.